The van der Waals surface area contributed by atoms with E-state index >= 15 is 0 Å². The van der Waals surface area contributed by atoms with Crippen LogP contribution < -0.4 is 0 Å². The molecule has 0 spiro atoms. The van der Waals surface area contributed by atoms with Crippen LogP contribution in [0.4, 0.5) is 4.39 Å². The number of halogens is 1. The third-order valence-electron chi connectivity index (χ3n) is 3.59. The molecule has 1 aliphatic heterocycles. The summed E-state index contributed by atoms with van der Waals surface area (Å²) >= 11 is 0. The number of hydrogen-bond acceptors (Lipinski definition) is 3. The third-order valence-corrected chi connectivity index (χ3v) is 5.48. The molecule has 1 saturated heterocycles. The van der Waals surface area contributed by atoms with Crippen LogP contribution in [0.1, 0.15) is 12.5 Å². The van der Waals surface area contributed by atoms with Crippen LogP contribution in [-0.4, -0.2) is 55.5 Å². The van der Waals surface area contributed by atoms with E-state index in [1.54, 1.807) is 24.0 Å². The van der Waals surface area contributed by atoms with Crippen LogP contribution in [0, 0.1) is 5.82 Å². The second-order valence-corrected chi connectivity index (χ2v) is 7.24. The summed E-state index contributed by atoms with van der Waals surface area (Å²) in [5.41, 5.74) is 0.628. The second-order valence-electron chi connectivity index (χ2n) is 4.99. The van der Waals surface area contributed by atoms with Gasteiger partial charge >= 0.3 is 0 Å². The number of benzene rings is 1. The minimum Gasteiger partial charge on any atom is -0.340 e. The van der Waals surface area contributed by atoms with E-state index in [1.807, 2.05) is 0 Å². The SMILES string of the molecule is CCS(=O)(=O)N1CCN(C(=O)Cc2cccc(F)c2)CC1. The molecule has 0 saturated carbocycles. The number of hydrogen-bond donors (Lipinski definition) is 0. The Morgan fingerprint density at radius 3 is 2.48 bits per heavy atom. The summed E-state index contributed by atoms with van der Waals surface area (Å²) in [6.07, 6.45) is 0.137. The van der Waals surface area contributed by atoms with E-state index in [2.05, 4.69) is 0 Å². The summed E-state index contributed by atoms with van der Waals surface area (Å²) in [5, 5.41) is 0. The van der Waals surface area contributed by atoms with Crippen molar-refractivity contribution in [1.82, 2.24) is 9.21 Å². The van der Waals surface area contributed by atoms with Gasteiger partial charge in [-0.1, -0.05) is 12.1 Å². The van der Waals surface area contributed by atoms with Gasteiger partial charge in [0, 0.05) is 26.2 Å². The Morgan fingerprint density at radius 1 is 1.24 bits per heavy atom. The zero-order valence-electron chi connectivity index (χ0n) is 12.0. The first kappa shape index (κ1) is 15.9. The minimum atomic E-state index is -3.19. The number of amides is 1. The van der Waals surface area contributed by atoms with Crippen LogP contribution in [0.3, 0.4) is 0 Å². The summed E-state index contributed by atoms with van der Waals surface area (Å²) in [6, 6.07) is 5.96. The molecule has 21 heavy (non-hydrogen) atoms. The monoisotopic (exact) mass is 314 g/mol. The van der Waals surface area contributed by atoms with Gasteiger partial charge in [-0.15, -0.1) is 0 Å². The van der Waals surface area contributed by atoms with Crippen molar-refractivity contribution in [2.75, 3.05) is 31.9 Å². The van der Waals surface area contributed by atoms with E-state index in [9.17, 15) is 17.6 Å². The lowest BCUT2D eigenvalue weighted by molar-refractivity contribution is -0.131. The third kappa shape index (κ3) is 4.01. The van der Waals surface area contributed by atoms with Crippen molar-refractivity contribution in [2.45, 2.75) is 13.3 Å². The van der Waals surface area contributed by atoms with Gasteiger partial charge in [0.2, 0.25) is 15.9 Å². The molecule has 1 heterocycles. The maximum Gasteiger partial charge on any atom is 0.227 e. The Morgan fingerprint density at radius 2 is 1.90 bits per heavy atom. The number of rotatable bonds is 4. The van der Waals surface area contributed by atoms with E-state index in [0.29, 0.717) is 31.7 Å². The molecule has 0 radical (unpaired) electrons. The van der Waals surface area contributed by atoms with Gasteiger partial charge in [-0.2, -0.15) is 4.31 Å². The fourth-order valence-electron chi connectivity index (χ4n) is 2.33. The Labute approximate surface area is 124 Å². The van der Waals surface area contributed by atoms with Crippen molar-refractivity contribution >= 4 is 15.9 Å². The van der Waals surface area contributed by atoms with Crippen molar-refractivity contribution in [3.63, 3.8) is 0 Å². The number of carbonyl (C=O) groups excluding carboxylic acids is 1. The van der Waals surface area contributed by atoms with Gasteiger partial charge in [0.05, 0.1) is 12.2 Å². The highest BCUT2D eigenvalue weighted by atomic mass is 32.2. The molecule has 1 aromatic carbocycles. The van der Waals surface area contributed by atoms with Gasteiger partial charge in [-0.3, -0.25) is 4.79 Å². The molecular formula is C14H19FN2O3S. The van der Waals surface area contributed by atoms with Crippen LogP contribution in [0.15, 0.2) is 24.3 Å². The highest BCUT2D eigenvalue weighted by molar-refractivity contribution is 7.89. The fraction of sp³-hybridized carbons (Fsp3) is 0.500. The van der Waals surface area contributed by atoms with Crippen molar-refractivity contribution < 1.29 is 17.6 Å². The van der Waals surface area contributed by atoms with Crippen molar-refractivity contribution in [1.29, 1.82) is 0 Å². The largest absolute Gasteiger partial charge is 0.340 e. The van der Waals surface area contributed by atoms with Gasteiger partial charge in [-0.25, -0.2) is 12.8 Å². The summed E-state index contributed by atoms with van der Waals surface area (Å²) < 4.78 is 38.0. The number of carbonyl (C=O) groups is 1. The quantitative estimate of drug-likeness (QED) is 0.828. The van der Waals surface area contributed by atoms with Gasteiger partial charge in [-0.05, 0) is 24.6 Å². The van der Waals surface area contributed by atoms with Crippen LogP contribution in [-0.2, 0) is 21.2 Å². The van der Waals surface area contributed by atoms with E-state index in [1.165, 1.54) is 16.4 Å². The smallest absolute Gasteiger partial charge is 0.227 e. The van der Waals surface area contributed by atoms with Crippen LogP contribution >= 0.6 is 0 Å². The summed E-state index contributed by atoms with van der Waals surface area (Å²) in [7, 11) is -3.19. The van der Waals surface area contributed by atoms with Gasteiger partial charge < -0.3 is 4.90 Å². The van der Waals surface area contributed by atoms with Gasteiger partial charge in [0.15, 0.2) is 0 Å². The minimum absolute atomic E-state index is 0.0736. The molecule has 5 nitrogen and oxygen atoms in total. The van der Waals surface area contributed by atoms with Gasteiger partial charge in [0.1, 0.15) is 5.82 Å². The van der Waals surface area contributed by atoms with Crippen molar-refractivity contribution in [3.05, 3.63) is 35.6 Å². The molecule has 0 aliphatic carbocycles. The summed E-state index contributed by atoms with van der Waals surface area (Å²) in [4.78, 5) is 13.8. The highest BCUT2D eigenvalue weighted by Crippen LogP contribution is 2.11. The molecule has 0 atom stereocenters. The first-order valence-electron chi connectivity index (χ1n) is 6.92. The number of nitrogens with zero attached hydrogens (tertiary/aromatic N) is 2. The van der Waals surface area contributed by atoms with E-state index in [4.69, 9.17) is 0 Å². The van der Waals surface area contributed by atoms with Crippen LogP contribution in [0.5, 0.6) is 0 Å². The lowest BCUT2D eigenvalue weighted by atomic mass is 10.1. The normalized spacial score (nSPS) is 17.0. The molecule has 0 aromatic heterocycles. The Kier molecular flexibility index (Phi) is 4.95. The number of sulfonamides is 1. The Balaban J connectivity index is 1.92. The molecule has 0 bridgehead atoms. The standard InChI is InChI=1S/C14H19FN2O3S/c1-2-21(19,20)17-8-6-16(7-9-17)14(18)11-12-4-3-5-13(15)10-12/h3-5,10H,2,6-9,11H2,1H3. The predicted molar refractivity (Wildman–Crippen MR) is 77.7 cm³/mol. The molecule has 7 heteroatoms. The lowest BCUT2D eigenvalue weighted by Gasteiger charge is -2.33. The van der Waals surface area contributed by atoms with Gasteiger partial charge in [0.25, 0.3) is 0 Å². The van der Waals surface area contributed by atoms with E-state index in [0.717, 1.165) is 0 Å². The zero-order valence-corrected chi connectivity index (χ0v) is 12.8. The maximum absolute atomic E-state index is 13.1. The number of piperazine rings is 1. The molecule has 2 rings (SSSR count). The first-order chi connectivity index (χ1) is 9.92. The second kappa shape index (κ2) is 6.53. The van der Waals surface area contributed by atoms with Crippen molar-refractivity contribution in [3.8, 4) is 0 Å². The topological polar surface area (TPSA) is 57.7 Å². The Bertz CT molecular complexity index is 610. The van der Waals surface area contributed by atoms with Crippen LogP contribution in [0.2, 0.25) is 0 Å². The van der Waals surface area contributed by atoms with E-state index in [-0.39, 0.29) is 23.9 Å². The predicted octanol–water partition coefficient (Wildman–Crippen LogP) is 0.862. The highest BCUT2D eigenvalue weighted by Gasteiger charge is 2.27. The molecule has 0 unspecified atom stereocenters. The van der Waals surface area contributed by atoms with E-state index < -0.39 is 10.0 Å². The zero-order chi connectivity index (χ0) is 15.5. The molecule has 116 valence electrons. The maximum atomic E-state index is 13.1. The van der Waals surface area contributed by atoms with Crippen LogP contribution in [0.25, 0.3) is 0 Å². The average molecular weight is 314 g/mol. The average Bonchev–Trinajstić information content (AvgIpc) is 2.47. The fourth-order valence-corrected chi connectivity index (χ4v) is 3.42. The molecule has 0 N–H and O–H groups in total. The molecule has 1 aromatic rings. The molecule has 1 fully saturated rings. The summed E-state index contributed by atoms with van der Waals surface area (Å²) in [6.45, 7) is 3.02. The molecular weight excluding hydrogens is 295 g/mol. The molecule has 1 amide bonds. The Hall–Kier alpha value is -1.47. The summed E-state index contributed by atoms with van der Waals surface area (Å²) in [5.74, 6) is -0.391. The lowest BCUT2D eigenvalue weighted by Crippen LogP contribution is -2.51. The van der Waals surface area contributed by atoms with Crippen molar-refractivity contribution in [2.24, 2.45) is 0 Å². The first-order valence-corrected chi connectivity index (χ1v) is 8.53. The molecule has 1 aliphatic rings.